The van der Waals surface area contributed by atoms with Crippen molar-refractivity contribution in [1.29, 1.82) is 0 Å². The van der Waals surface area contributed by atoms with Gasteiger partial charge in [0.2, 0.25) is 10.0 Å². The number of nitrogens with two attached hydrogens (primary N) is 2. The lowest BCUT2D eigenvalue weighted by molar-refractivity contribution is -0.124. The summed E-state index contributed by atoms with van der Waals surface area (Å²) in [6.45, 7) is 1.72. The van der Waals surface area contributed by atoms with Crippen LogP contribution < -0.4 is 15.6 Å². The number of hydrogen-bond acceptors (Lipinski definition) is 4. The summed E-state index contributed by atoms with van der Waals surface area (Å²) in [5.41, 5.74) is 5.12. The highest BCUT2D eigenvalue weighted by Crippen LogP contribution is 2.28. The van der Waals surface area contributed by atoms with E-state index >= 15 is 0 Å². The number of sulfonamides is 1. The summed E-state index contributed by atoms with van der Waals surface area (Å²) < 4.78 is 27.5. The van der Waals surface area contributed by atoms with Gasteiger partial charge in [0.15, 0.2) is 6.10 Å². The van der Waals surface area contributed by atoms with E-state index in [0.717, 1.165) is 6.07 Å². The first kappa shape index (κ1) is 14.7. The molecule has 0 aliphatic heterocycles. The van der Waals surface area contributed by atoms with Gasteiger partial charge in [-0.15, -0.1) is 0 Å². The van der Waals surface area contributed by atoms with Crippen molar-refractivity contribution >= 4 is 27.5 Å². The first-order valence-corrected chi connectivity index (χ1v) is 6.96. The molecule has 0 saturated heterocycles. The van der Waals surface area contributed by atoms with Gasteiger partial charge < -0.3 is 10.5 Å². The van der Waals surface area contributed by atoms with Crippen LogP contribution in [0.2, 0.25) is 5.02 Å². The van der Waals surface area contributed by atoms with Crippen molar-refractivity contribution in [3.63, 3.8) is 0 Å². The van der Waals surface area contributed by atoms with Crippen LogP contribution in [0.1, 0.15) is 13.3 Å². The molecule has 1 unspecified atom stereocenters. The van der Waals surface area contributed by atoms with Crippen molar-refractivity contribution in [3.05, 3.63) is 23.2 Å². The molecule has 0 fully saturated rings. The van der Waals surface area contributed by atoms with Crippen LogP contribution in [0.3, 0.4) is 0 Å². The second-order valence-electron chi connectivity index (χ2n) is 3.55. The maximum atomic E-state index is 11.1. The van der Waals surface area contributed by atoms with Crippen LogP contribution in [-0.2, 0) is 14.8 Å². The number of rotatable bonds is 5. The molecule has 6 nitrogen and oxygen atoms in total. The zero-order valence-corrected chi connectivity index (χ0v) is 11.2. The summed E-state index contributed by atoms with van der Waals surface area (Å²) in [7, 11) is -3.82. The lowest BCUT2D eigenvalue weighted by Crippen LogP contribution is -2.33. The molecule has 1 atom stereocenters. The Morgan fingerprint density at radius 3 is 2.50 bits per heavy atom. The van der Waals surface area contributed by atoms with Gasteiger partial charge >= 0.3 is 0 Å². The number of carbonyl (C=O) groups is 1. The van der Waals surface area contributed by atoms with Crippen molar-refractivity contribution in [1.82, 2.24) is 0 Å². The highest BCUT2D eigenvalue weighted by Gasteiger charge is 2.17. The fraction of sp³-hybridized carbons (Fsp3) is 0.300. The molecular formula is C10H13ClN2O4S. The molecule has 0 aliphatic rings. The molecule has 0 heterocycles. The Hall–Kier alpha value is -1.31. The van der Waals surface area contributed by atoms with E-state index < -0.39 is 22.0 Å². The van der Waals surface area contributed by atoms with Gasteiger partial charge in [0.05, 0.1) is 9.92 Å². The molecule has 0 aromatic heterocycles. The molecule has 8 heteroatoms. The quantitative estimate of drug-likeness (QED) is 0.828. The summed E-state index contributed by atoms with van der Waals surface area (Å²) in [6.07, 6.45) is -0.439. The minimum absolute atomic E-state index is 0.0428. The van der Waals surface area contributed by atoms with Gasteiger partial charge in [-0.2, -0.15) is 0 Å². The Morgan fingerprint density at radius 2 is 2.11 bits per heavy atom. The maximum Gasteiger partial charge on any atom is 0.258 e. The first-order valence-electron chi connectivity index (χ1n) is 5.04. The average molecular weight is 293 g/mol. The molecule has 1 amide bonds. The number of carbonyl (C=O) groups excluding carboxylic acids is 1. The van der Waals surface area contributed by atoms with E-state index in [-0.39, 0.29) is 15.7 Å². The molecule has 0 spiro atoms. The Balaban J connectivity index is 3.03. The molecule has 4 N–H and O–H groups in total. The topological polar surface area (TPSA) is 112 Å². The van der Waals surface area contributed by atoms with Crippen LogP contribution >= 0.6 is 11.6 Å². The smallest absolute Gasteiger partial charge is 0.258 e. The SMILES string of the molecule is CCC(Oc1ccc(S(N)(=O)=O)cc1Cl)C(N)=O. The summed E-state index contributed by atoms with van der Waals surface area (Å²) in [5, 5.41) is 4.99. The van der Waals surface area contributed by atoms with Crippen molar-refractivity contribution < 1.29 is 17.9 Å². The van der Waals surface area contributed by atoms with E-state index in [2.05, 4.69) is 0 Å². The molecule has 0 aliphatic carbocycles. The Labute approximate surface area is 110 Å². The Kier molecular flexibility index (Phi) is 4.55. The number of halogens is 1. The van der Waals surface area contributed by atoms with E-state index in [1.54, 1.807) is 6.92 Å². The third-order valence-electron chi connectivity index (χ3n) is 2.19. The van der Waals surface area contributed by atoms with E-state index in [1.165, 1.54) is 12.1 Å². The lowest BCUT2D eigenvalue weighted by atomic mass is 10.2. The molecule has 1 aromatic rings. The number of amides is 1. The molecule has 100 valence electrons. The third kappa shape index (κ3) is 3.59. The summed E-state index contributed by atoms with van der Waals surface area (Å²) >= 11 is 5.84. The first-order chi connectivity index (χ1) is 8.25. The summed E-state index contributed by atoms with van der Waals surface area (Å²) in [5.74, 6) is -0.446. The zero-order valence-electron chi connectivity index (χ0n) is 9.59. The van der Waals surface area contributed by atoms with Gasteiger partial charge in [-0.05, 0) is 24.6 Å². The Morgan fingerprint density at radius 1 is 1.50 bits per heavy atom. The minimum atomic E-state index is -3.82. The van der Waals surface area contributed by atoms with Crippen LogP contribution in [0.15, 0.2) is 23.1 Å². The molecule has 1 aromatic carbocycles. The zero-order chi connectivity index (χ0) is 13.9. The predicted molar refractivity (Wildman–Crippen MR) is 66.7 cm³/mol. The van der Waals surface area contributed by atoms with E-state index in [9.17, 15) is 13.2 Å². The van der Waals surface area contributed by atoms with Gasteiger partial charge in [-0.25, -0.2) is 13.6 Å². The number of hydrogen-bond donors (Lipinski definition) is 2. The van der Waals surface area contributed by atoms with Crippen LogP contribution in [0.5, 0.6) is 5.75 Å². The van der Waals surface area contributed by atoms with E-state index in [0.29, 0.717) is 6.42 Å². The average Bonchev–Trinajstić information content (AvgIpc) is 2.25. The summed E-state index contributed by atoms with van der Waals surface area (Å²) in [6, 6.07) is 3.72. The second-order valence-corrected chi connectivity index (χ2v) is 5.52. The van der Waals surface area contributed by atoms with Gasteiger partial charge in [-0.1, -0.05) is 18.5 Å². The molecule has 1 rings (SSSR count). The van der Waals surface area contributed by atoms with Gasteiger partial charge in [0, 0.05) is 0 Å². The number of ether oxygens (including phenoxy) is 1. The molecular weight excluding hydrogens is 280 g/mol. The molecule has 0 bridgehead atoms. The van der Waals surface area contributed by atoms with Gasteiger partial charge in [0.1, 0.15) is 5.75 Å². The van der Waals surface area contributed by atoms with Crippen LogP contribution in [0.4, 0.5) is 0 Å². The third-order valence-corrected chi connectivity index (χ3v) is 3.40. The minimum Gasteiger partial charge on any atom is -0.479 e. The number of primary amides is 1. The van der Waals surface area contributed by atoms with E-state index in [1.807, 2.05) is 0 Å². The lowest BCUT2D eigenvalue weighted by Gasteiger charge is -2.15. The predicted octanol–water partition coefficient (Wildman–Crippen LogP) is 0.630. The standard InChI is InChI=1S/C10H13ClN2O4S/c1-2-8(10(12)14)17-9-4-3-6(5-7(9)11)18(13,15)16/h3-5,8H,2H2,1H3,(H2,12,14)(H2,13,15,16). The fourth-order valence-corrected chi connectivity index (χ4v) is 2.08. The van der Waals surface area contributed by atoms with Gasteiger partial charge in [0.25, 0.3) is 5.91 Å². The van der Waals surface area contributed by atoms with Crippen LogP contribution in [0.25, 0.3) is 0 Å². The van der Waals surface area contributed by atoms with Crippen molar-refractivity contribution in [3.8, 4) is 5.75 Å². The van der Waals surface area contributed by atoms with E-state index in [4.69, 9.17) is 27.2 Å². The van der Waals surface area contributed by atoms with Crippen molar-refractivity contribution in [2.45, 2.75) is 24.3 Å². The number of benzene rings is 1. The second kappa shape index (κ2) is 5.55. The fourth-order valence-electron chi connectivity index (χ4n) is 1.25. The number of primary sulfonamides is 1. The molecule has 0 saturated carbocycles. The maximum absolute atomic E-state index is 11.1. The largest absolute Gasteiger partial charge is 0.479 e. The van der Waals surface area contributed by atoms with Crippen molar-refractivity contribution in [2.75, 3.05) is 0 Å². The molecule has 0 radical (unpaired) electrons. The summed E-state index contributed by atoms with van der Waals surface area (Å²) in [4.78, 5) is 10.9. The molecule has 18 heavy (non-hydrogen) atoms. The van der Waals surface area contributed by atoms with Crippen LogP contribution in [-0.4, -0.2) is 20.4 Å². The van der Waals surface area contributed by atoms with Crippen LogP contribution in [0, 0.1) is 0 Å². The van der Waals surface area contributed by atoms with Gasteiger partial charge in [-0.3, -0.25) is 4.79 Å². The highest BCUT2D eigenvalue weighted by molar-refractivity contribution is 7.89. The Bertz CT molecular complexity index is 559. The monoisotopic (exact) mass is 292 g/mol. The van der Waals surface area contributed by atoms with Crippen molar-refractivity contribution in [2.24, 2.45) is 10.9 Å². The normalized spacial score (nSPS) is 13.1. The highest BCUT2D eigenvalue weighted by atomic mass is 35.5.